The first kappa shape index (κ1) is 24.3. The zero-order chi connectivity index (χ0) is 24.5. The van der Waals surface area contributed by atoms with Crippen molar-refractivity contribution in [2.45, 2.75) is 13.0 Å². The minimum atomic E-state index is -2.93. The Morgan fingerprint density at radius 3 is 2.49 bits per heavy atom. The van der Waals surface area contributed by atoms with Crippen LogP contribution in [0, 0.1) is 0 Å². The zero-order valence-electron chi connectivity index (χ0n) is 19.3. The maximum absolute atomic E-state index is 12.6. The van der Waals surface area contributed by atoms with E-state index < -0.39 is 6.61 Å². The Morgan fingerprint density at radius 1 is 1.00 bits per heavy atom. The lowest BCUT2D eigenvalue weighted by molar-refractivity contribution is -0.111. The minimum absolute atomic E-state index is 0.0220. The molecule has 0 radical (unpaired) electrons. The fourth-order valence-electron chi connectivity index (χ4n) is 4.07. The molecule has 0 saturated carbocycles. The summed E-state index contributed by atoms with van der Waals surface area (Å²) < 4.78 is 29.8. The van der Waals surface area contributed by atoms with Crippen molar-refractivity contribution in [3.8, 4) is 5.75 Å². The molecule has 4 rings (SSSR count). The van der Waals surface area contributed by atoms with Gasteiger partial charge in [-0.2, -0.15) is 8.78 Å². The molecule has 2 heterocycles. The lowest BCUT2D eigenvalue weighted by Gasteiger charge is -2.37. The third kappa shape index (κ3) is 7.10. The van der Waals surface area contributed by atoms with E-state index in [4.69, 9.17) is 0 Å². The second kappa shape index (κ2) is 12.1. The van der Waals surface area contributed by atoms with Gasteiger partial charge in [-0.3, -0.25) is 14.7 Å². The monoisotopic (exact) mass is 478 g/mol. The van der Waals surface area contributed by atoms with Crippen LogP contribution in [0.5, 0.6) is 5.75 Å². The molecule has 35 heavy (non-hydrogen) atoms. The predicted octanol–water partition coefficient (Wildman–Crippen LogP) is 4.70. The fourth-order valence-corrected chi connectivity index (χ4v) is 4.07. The molecule has 8 heteroatoms. The zero-order valence-corrected chi connectivity index (χ0v) is 19.3. The molecule has 0 bridgehead atoms. The van der Waals surface area contributed by atoms with E-state index in [0.29, 0.717) is 11.3 Å². The minimum Gasteiger partial charge on any atom is -0.434 e. The molecule has 1 aliphatic rings. The Balaban J connectivity index is 1.34. The molecule has 0 atom stereocenters. The average Bonchev–Trinajstić information content (AvgIpc) is 2.88. The number of carbonyl (C=O) groups excluding carboxylic acids is 1. The summed E-state index contributed by atoms with van der Waals surface area (Å²) in [6.45, 7) is 1.66. The molecule has 1 amide bonds. The number of amides is 1. The molecular formula is C27H28F2N4O2. The lowest BCUT2D eigenvalue weighted by Crippen LogP contribution is -2.47. The molecule has 182 valence electrons. The van der Waals surface area contributed by atoms with Crippen molar-refractivity contribution >= 4 is 23.4 Å². The van der Waals surface area contributed by atoms with Crippen LogP contribution in [0.4, 0.5) is 20.2 Å². The Bertz CT molecular complexity index is 1130. The van der Waals surface area contributed by atoms with Gasteiger partial charge in [-0.1, -0.05) is 30.3 Å². The van der Waals surface area contributed by atoms with Crippen molar-refractivity contribution in [2.24, 2.45) is 0 Å². The highest BCUT2D eigenvalue weighted by Crippen LogP contribution is 2.27. The van der Waals surface area contributed by atoms with Gasteiger partial charge in [0.15, 0.2) is 0 Å². The third-order valence-corrected chi connectivity index (χ3v) is 5.89. The molecule has 0 spiro atoms. The smallest absolute Gasteiger partial charge is 0.387 e. The number of nitrogens with zero attached hydrogens (tertiary/aromatic N) is 3. The van der Waals surface area contributed by atoms with Crippen LogP contribution in [-0.2, 0) is 11.2 Å². The second-order valence-electron chi connectivity index (χ2n) is 8.19. The van der Waals surface area contributed by atoms with E-state index in [1.165, 1.54) is 23.8 Å². The van der Waals surface area contributed by atoms with Gasteiger partial charge >= 0.3 is 6.61 Å². The number of ether oxygens (including phenoxy) is 1. The summed E-state index contributed by atoms with van der Waals surface area (Å²) in [7, 11) is 0. The standard InChI is InChI=1S/C27H28F2N4O2/c28-27(29)35-25-8-4-1-5-22(25)9-10-26(34)31-23-6-2-3-7-24(23)33-19-17-32(18-20-33)16-13-21-11-14-30-15-12-21/h1-12,14-15,27H,13,16-20H2,(H,31,34). The van der Waals surface area contributed by atoms with Crippen LogP contribution < -0.4 is 15.0 Å². The van der Waals surface area contributed by atoms with Gasteiger partial charge in [0.2, 0.25) is 5.91 Å². The number of para-hydroxylation sites is 3. The Kier molecular flexibility index (Phi) is 8.40. The number of aromatic nitrogens is 1. The third-order valence-electron chi connectivity index (χ3n) is 5.89. The molecule has 1 N–H and O–H groups in total. The van der Waals surface area contributed by atoms with Crippen LogP contribution in [0.1, 0.15) is 11.1 Å². The van der Waals surface area contributed by atoms with E-state index in [9.17, 15) is 13.6 Å². The topological polar surface area (TPSA) is 57.7 Å². The maximum Gasteiger partial charge on any atom is 0.387 e. The number of piperazine rings is 1. The highest BCUT2D eigenvalue weighted by molar-refractivity contribution is 6.04. The maximum atomic E-state index is 12.6. The van der Waals surface area contributed by atoms with Crippen LogP contribution in [0.15, 0.2) is 79.1 Å². The first-order valence-corrected chi connectivity index (χ1v) is 11.6. The fraction of sp³-hybridized carbons (Fsp3) is 0.259. The van der Waals surface area contributed by atoms with E-state index in [2.05, 4.69) is 24.8 Å². The van der Waals surface area contributed by atoms with Crippen molar-refractivity contribution in [1.82, 2.24) is 9.88 Å². The van der Waals surface area contributed by atoms with Crippen LogP contribution >= 0.6 is 0 Å². The number of benzene rings is 2. The van der Waals surface area contributed by atoms with E-state index in [-0.39, 0.29) is 11.7 Å². The number of carbonyl (C=O) groups is 1. The highest BCUT2D eigenvalue weighted by atomic mass is 19.3. The Morgan fingerprint density at radius 2 is 1.71 bits per heavy atom. The Labute approximate surface area is 203 Å². The van der Waals surface area contributed by atoms with Gasteiger partial charge in [0.25, 0.3) is 0 Å². The van der Waals surface area contributed by atoms with Gasteiger partial charge in [-0.05, 0) is 48.4 Å². The average molecular weight is 479 g/mol. The first-order chi connectivity index (χ1) is 17.1. The van der Waals surface area contributed by atoms with Crippen molar-refractivity contribution in [2.75, 3.05) is 42.9 Å². The largest absolute Gasteiger partial charge is 0.434 e. The summed E-state index contributed by atoms with van der Waals surface area (Å²) in [6, 6.07) is 18.1. The van der Waals surface area contributed by atoms with E-state index in [0.717, 1.165) is 44.8 Å². The van der Waals surface area contributed by atoms with E-state index >= 15 is 0 Å². The molecule has 1 saturated heterocycles. The molecule has 1 aliphatic heterocycles. The van der Waals surface area contributed by atoms with Gasteiger partial charge in [0, 0.05) is 56.8 Å². The number of halogens is 2. The number of hydrogen-bond acceptors (Lipinski definition) is 5. The normalized spacial score (nSPS) is 14.4. The molecule has 0 aliphatic carbocycles. The van der Waals surface area contributed by atoms with Crippen LogP contribution in [0.2, 0.25) is 0 Å². The Hall–Kier alpha value is -3.78. The predicted molar refractivity (Wildman–Crippen MR) is 134 cm³/mol. The summed E-state index contributed by atoms with van der Waals surface area (Å²) in [5, 5.41) is 2.92. The van der Waals surface area contributed by atoms with Crippen LogP contribution in [-0.4, -0.2) is 55.1 Å². The highest BCUT2D eigenvalue weighted by Gasteiger charge is 2.19. The van der Waals surface area contributed by atoms with Crippen LogP contribution in [0.25, 0.3) is 6.08 Å². The van der Waals surface area contributed by atoms with E-state index in [1.54, 1.807) is 18.2 Å². The molecule has 2 aromatic carbocycles. The number of anilines is 2. The van der Waals surface area contributed by atoms with Crippen LogP contribution in [0.3, 0.4) is 0 Å². The second-order valence-corrected chi connectivity index (χ2v) is 8.19. The van der Waals surface area contributed by atoms with E-state index in [1.807, 2.05) is 48.8 Å². The van der Waals surface area contributed by atoms with Crippen molar-refractivity contribution < 1.29 is 18.3 Å². The molecular weight excluding hydrogens is 450 g/mol. The number of hydrogen-bond donors (Lipinski definition) is 1. The van der Waals surface area contributed by atoms with Gasteiger partial charge in [0.1, 0.15) is 5.75 Å². The number of rotatable bonds is 9. The quantitative estimate of drug-likeness (QED) is 0.452. The summed E-state index contributed by atoms with van der Waals surface area (Å²) in [6.07, 6.45) is 7.43. The molecule has 1 fully saturated rings. The van der Waals surface area contributed by atoms with Gasteiger partial charge < -0.3 is 15.0 Å². The van der Waals surface area contributed by atoms with Crippen molar-refractivity contribution in [3.05, 3.63) is 90.3 Å². The number of pyridine rings is 1. The van der Waals surface area contributed by atoms with Crippen molar-refractivity contribution in [1.29, 1.82) is 0 Å². The van der Waals surface area contributed by atoms with Gasteiger partial charge in [-0.25, -0.2) is 0 Å². The van der Waals surface area contributed by atoms with Gasteiger partial charge in [-0.15, -0.1) is 0 Å². The molecule has 6 nitrogen and oxygen atoms in total. The lowest BCUT2D eigenvalue weighted by atomic mass is 10.1. The summed E-state index contributed by atoms with van der Waals surface area (Å²) in [5.74, 6) is -0.325. The van der Waals surface area contributed by atoms with Gasteiger partial charge in [0.05, 0.1) is 11.4 Å². The molecule has 0 unspecified atom stereocenters. The molecule has 1 aromatic heterocycles. The summed E-state index contributed by atoms with van der Waals surface area (Å²) in [4.78, 5) is 21.4. The summed E-state index contributed by atoms with van der Waals surface area (Å²) >= 11 is 0. The number of nitrogens with one attached hydrogen (secondary N) is 1. The number of alkyl halides is 2. The summed E-state index contributed by atoms with van der Waals surface area (Å²) in [5.41, 5.74) is 3.36. The molecule has 3 aromatic rings. The SMILES string of the molecule is O=C(C=Cc1ccccc1OC(F)F)Nc1ccccc1N1CCN(CCc2ccncc2)CC1. The first-order valence-electron chi connectivity index (χ1n) is 11.6. The van der Waals surface area contributed by atoms with Crippen molar-refractivity contribution in [3.63, 3.8) is 0 Å².